The molecule has 1 rings (SSSR count). The van der Waals surface area contributed by atoms with Crippen LogP contribution in [0.2, 0.25) is 0 Å². The fraction of sp³-hybridized carbons (Fsp3) is 0.333. The Morgan fingerprint density at radius 3 is 2.75 bits per heavy atom. The zero-order valence-corrected chi connectivity index (χ0v) is 8.02. The Balaban J connectivity index is 2.86. The minimum absolute atomic E-state index is 0.331. The predicted molar refractivity (Wildman–Crippen MR) is 50.6 cm³/mol. The molecule has 0 fully saturated rings. The molecule has 0 heterocycles. The van der Waals surface area contributed by atoms with E-state index in [4.69, 9.17) is 4.74 Å². The number of thioether (sulfide) groups is 1. The molecule has 0 saturated carbocycles. The summed E-state index contributed by atoms with van der Waals surface area (Å²) in [5.74, 6) is 0.331. The number of aromatic hydroxyl groups is 1. The minimum atomic E-state index is 0.331. The maximum Gasteiger partial charge on any atom is 0.129 e. The van der Waals surface area contributed by atoms with E-state index in [-0.39, 0.29) is 0 Å². The molecule has 0 unspecified atom stereocenters. The number of rotatable bonds is 3. The number of ether oxygens (including phenoxy) is 1. The zero-order valence-electron chi connectivity index (χ0n) is 7.20. The summed E-state index contributed by atoms with van der Waals surface area (Å²) in [6.45, 7) is 0.544. The van der Waals surface area contributed by atoms with Crippen molar-refractivity contribution < 1.29 is 9.84 Å². The summed E-state index contributed by atoms with van der Waals surface area (Å²) in [4.78, 5) is 0.898. The first-order valence-electron chi connectivity index (χ1n) is 3.62. The second-order valence-corrected chi connectivity index (χ2v) is 3.29. The van der Waals surface area contributed by atoms with E-state index in [9.17, 15) is 5.11 Å². The number of benzene rings is 1. The lowest BCUT2D eigenvalue weighted by molar-refractivity contribution is 0.184. The fourth-order valence-electron chi connectivity index (χ4n) is 0.992. The Bertz CT molecular complexity index is 261. The molecule has 2 nitrogen and oxygen atoms in total. The molecule has 0 spiro atoms. The smallest absolute Gasteiger partial charge is 0.129 e. The first-order chi connectivity index (χ1) is 5.77. The molecule has 1 aromatic rings. The van der Waals surface area contributed by atoms with Gasteiger partial charge in [0.2, 0.25) is 0 Å². The summed E-state index contributed by atoms with van der Waals surface area (Å²) >= 11 is 1.53. The van der Waals surface area contributed by atoms with Crippen molar-refractivity contribution in [2.24, 2.45) is 0 Å². The van der Waals surface area contributed by atoms with E-state index in [0.29, 0.717) is 12.4 Å². The highest BCUT2D eigenvalue weighted by Crippen LogP contribution is 2.27. The maximum atomic E-state index is 9.44. The molecule has 12 heavy (non-hydrogen) atoms. The van der Waals surface area contributed by atoms with E-state index in [1.54, 1.807) is 13.2 Å². The van der Waals surface area contributed by atoms with Gasteiger partial charge >= 0.3 is 0 Å². The molecule has 0 aromatic heterocycles. The van der Waals surface area contributed by atoms with Crippen LogP contribution < -0.4 is 0 Å². The SMILES string of the molecule is COCc1ccc(SC)c(O)c1. The fourth-order valence-corrected chi connectivity index (χ4v) is 1.46. The summed E-state index contributed by atoms with van der Waals surface area (Å²) in [6, 6.07) is 5.58. The Kier molecular flexibility index (Phi) is 3.44. The molecule has 3 heteroatoms. The lowest BCUT2D eigenvalue weighted by Crippen LogP contribution is -1.86. The Morgan fingerprint density at radius 1 is 1.50 bits per heavy atom. The number of hydrogen-bond donors (Lipinski definition) is 1. The minimum Gasteiger partial charge on any atom is -0.507 e. The largest absolute Gasteiger partial charge is 0.507 e. The van der Waals surface area contributed by atoms with Crippen LogP contribution in [-0.2, 0) is 11.3 Å². The van der Waals surface area contributed by atoms with Gasteiger partial charge in [-0.3, -0.25) is 0 Å². The van der Waals surface area contributed by atoms with Crippen LogP contribution in [0, 0.1) is 0 Å². The third kappa shape index (κ3) is 2.16. The van der Waals surface area contributed by atoms with Crippen LogP contribution in [0.3, 0.4) is 0 Å². The van der Waals surface area contributed by atoms with Crippen LogP contribution in [0.5, 0.6) is 5.75 Å². The first kappa shape index (κ1) is 9.42. The molecule has 0 amide bonds. The van der Waals surface area contributed by atoms with Crippen molar-refractivity contribution in [1.82, 2.24) is 0 Å². The van der Waals surface area contributed by atoms with Crippen molar-refractivity contribution in [3.05, 3.63) is 23.8 Å². The maximum absolute atomic E-state index is 9.44. The highest BCUT2D eigenvalue weighted by atomic mass is 32.2. The number of phenols is 1. The van der Waals surface area contributed by atoms with E-state index in [1.807, 2.05) is 18.4 Å². The summed E-state index contributed by atoms with van der Waals surface area (Å²) in [5.41, 5.74) is 0.993. The van der Waals surface area contributed by atoms with Gasteiger partial charge in [-0.25, -0.2) is 0 Å². The van der Waals surface area contributed by atoms with Gasteiger partial charge < -0.3 is 9.84 Å². The van der Waals surface area contributed by atoms with E-state index >= 15 is 0 Å². The van der Waals surface area contributed by atoms with E-state index in [1.165, 1.54) is 11.8 Å². The number of methoxy groups -OCH3 is 1. The summed E-state index contributed by atoms with van der Waals surface area (Å²) in [6.07, 6.45) is 1.94. The zero-order chi connectivity index (χ0) is 8.97. The lowest BCUT2D eigenvalue weighted by Gasteiger charge is -2.03. The first-order valence-corrected chi connectivity index (χ1v) is 4.85. The molecule has 1 aromatic carbocycles. The van der Waals surface area contributed by atoms with Crippen molar-refractivity contribution in [2.45, 2.75) is 11.5 Å². The Hall–Kier alpha value is -0.670. The molecule has 0 bridgehead atoms. The van der Waals surface area contributed by atoms with Gasteiger partial charge in [0.15, 0.2) is 0 Å². The number of phenolic OH excluding ortho intramolecular Hbond substituents is 1. The normalized spacial score (nSPS) is 10.2. The molecule has 66 valence electrons. The molecule has 1 N–H and O–H groups in total. The topological polar surface area (TPSA) is 29.5 Å². The summed E-state index contributed by atoms with van der Waals surface area (Å²) in [5, 5.41) is 9.44. The average molecular weight is 184 g/mol. The van der Waals surface area contributed by atoms with Crippen LogP contribution >= 0.6 is 11.8 Å². The second kappa shape index (κ2) is 4.38. The average Bonchev–Trinajstić information content (AvgIpc) is 2.05. The molecule has 0 saturated heterocycles. The molecule has 0 aliphatic rings. The highest BCUT2D eigenvalue weighted by molar-refractivity contribution is 7.98. The molecule has 0 aliphatic carbocycles. The van der Waals surface area contributed by atoms with Crippen LogP contribution in [-0.4, -0.2) is 18.5 Å². The van der Waals surface area contributed by atoms with Crippen molar-refractivity contribution in [3.63, 3.8) is 0 Å². The van der Waals surface area contributed by atoms with Gasteiger partial charge in [-0.15, -0.1) is 11.8 Å². The van der Waals surface area contributed by atoms with Crippen molar-refractivity contribution >= 4 is 11.8 Å². The monoisotopic (exact) mass is 184 g/mol. The molecular weight excluding hydrogens is 172 g/mol. The van der Waals surface area contributed by atoms with Crippen LogP contribution in [0.25, 0.3) is 0 Å². The van der Waals surface area contributed by atoms with Crippen LogP contribution in [0.15, 0.2) is 23.1 Å². The summed E-state index contributed by atoms with van der Waals surface area (Å²) in [7, 11) is 1.64. The lowest BCUT2D eigenvalue weighted by atomic mass is 10.2. The highest BCUT2D eigenvalue weighted by Gasteiger charge is 2.00. The third-order valence-corrected chi connectivity index (χ3v) is 2.34. The quantitative estimate of drug-likeness (QED) is 0.731. The van der Waals surface area contributed by atoms with Crippen molar-refractivity contribution in [3.8, 4) is 5.75 Å². The van der Waals surface area contributed by atoms with E-state index in [0.717, 1.165) is 10.5 Å². The van der Waals surface area contributed by atoms with Crippen LogP contribution in [0.1, 0.15) is 5.56 Å². The summed E-state index contributed by atoms with van der Waals surface area (Å²) < 4.78 is 4.94. The van der Waals surface area contributed by atoms with Gasteiger partial charge in [0.25, 0.3) is 0 Å². The van der Waals surface area contributed by atoms with E-state index in [2.05, 4.69) is 0 Å². The molecular formula is C9H12O2S. The number of hydrogen-bond acceptors (Lipinski definition) is 3. The van der Waals surface area contributed by atoms with Gasteiger partial charge in [0.05, 0.1) is 6.61 Å². The van der Waals surface area contributed by atoms with Crippen molar-refractivity contribution in [2.75, 3.05) is 13.4 Å². The Labute approximate surface area is 76.6 Å². The van der Waals surface area contributed by atoms with Gasteiger partial charge in [0, 0.05) is 12.0 Å². The molecule has 0 aliphatic heterocycles. The predicted octanol–water partition coefficient (Wildman–Crippen LogP) is 2.26. The molecule has 0 atom stereocenters. The second-order valence-electron chi connectivity index (χ2n) is 2.44. The standard InChI is InChI=1S/C9H12O2S/c1-11-6-7-3-4-9(12-2)8(10)5-7/h3-5,10H,6H2,1-2H3. The van der Waals surface area contributed by atoms with Crippen LogP contribution in [0.4, 0.5) is 0 Å². The van der Waals surface area contributed by atoms with Gasteiger partial charge in [0.1, 0.15) is 5.75 Å². The van der Waals surface area contributed by atoms with Gasteiger partial charge in [-0.2, -0.15) is 0 Å². The molecule has 0 radical (unpaired) electrons. The van der Waals surface area contributed by atoms with E-state index < -0.39 is 0 Å². The third-order valence-electron chi connectivity index (χ3n) is 1.55. The van der Waals surface area contributed by atoms with Gasteiger partial charge in [-0.05, 0) is 24.0 Å². The van der Waals surface area contributed by atoms with Crippen molar-refractivity contribution in [1.29, 1.82) is 0 Å². The van der Waals surface area contributed by atoms with Gasteiger partial charge in [-0.1, -0.05) is 6.07 Å². The Morgan fingerprint density at radius 2 is 2.25 bits per heavy atom.